The predicted octanol–water partition coefficient (Wildman–Crippen LogP) is 4.33. The SMILES string of the molecule is CCOc1ccc(Cl)cc1CCN=C(N)Nc1ccccc1OC.I. The second kappa shape index (κ2) is 11.0. The lowest BCUT2D eigenvalue weighted by molar-refractivity contribution is 0.336. The molecule has 136 valence electrons. The van der Waals surface area contributed by atoms with Crippen LogP contribution in [0.4, 0.5) is 5.69 Å². The molecule has 2 rings (SSSR count). The Morgan fingerprint density at radius 1 is 1.20 bits per heavy atom. The number of halogens is 2. The summed E-state index contributed by atoms with van der Waals surface area (Å²) in [7, 11) is 1.61. The van der Waals surface area contributed by atoms with Crippen LogP contribution in [0.25, 0.3) is 0 Å². The second-order valence-electron chi connectivity index (χ2n) is 5.03. The van der Waals surface area contributed by atoms with Gasteiger partial charge < -0.3 is 20.5 Å². The number of para-hydroxylation sites is 2. The highest BCUT2D eigenvalue weighted by Crippen LogP contribution is 2.24. The van der Waals surface area contributed by atoms with Crippen molar-refractivity contribution in [3.05, 3.63) is 53.1 Å². The highest BCUT2D eigenvalue weighted by Gasteiger charge is 2.05. The number of nitrogens with two attached hydrogens (primary N) is 1. The topological polar surface area (TPSA) is 68.9 Å². The normalized spacial score (nSPS) is 10.8. The Bertz CT molecular complexity index is 710. The summed E-state index contributed by atoms with van der Waals surface area (Å²) in [4.78, 5) is 4.35. The predicted molar refractivity (Wildman–Crippen MR) is 115 cm³/mol. The van der Waals surface area contributed by atoms with Gasteiger partial charge in [-0.1, -0.05) is 23.7 Å². The zero-order valence-corrected chi connectivity index (χ0v) is 17.4. The molecule has 0 atom stereocenters. The molecule has 2 aromatic rings. The lowest BCUT2D eigenvalue weighted by Crippen LogP contribution is -2.23. The van der Waals surface area contributed by atoms with E-state index in [2.05, 4.69) is 10.3 Å². The van der Waals surface area contributed by atoms with Crippen LogP contribution in [0.3, 0.4) is 0 Å². The summed E-state index contributed by atoms with van der Waals surface area (Å²) in [6.45, 7) is 3.08. The molecule has 0 aromatic heterocycles. The molecule has 0 saturated heterocycles. The highest BCUT2D eigenvalue weighted by atomic mass is 127. The lowest BCUT2D eigenvalue weighted by Gasteiger charge is -2.11. The standard InChI is InChI=1S/C18H22ClN3O2.HI/c1-3-24-16-9-8-14(19)12-13(16)10-11-21-18(20)22-15-6-4-5-7-17(15)23-2;/h4-9,12H,3,10-11H2,1-2H3,(H3,20,21,22);1H. The Balaban J connectivity index is 0.00000312. The molecule has 7 heteroatoms. The Labute approximate surface area is 170 Å². The van der Waals surface area contributed by atoms with Crippen LogP contribution < -0.4 is 20.5 Å². The lowest BCUT2D eigenvalue weighted by atomic mass is 10.1. The summed E-state index contributed by atoms with van der Waals surface area (Å²) in [5, 5.41) is 3.72. The van der Waals surface area contributed by atoms with E-state index in [1.807, 2.05) is 49.4 Å². The smallest absolute Gasteiger partial charge is 0.193 e. The minimum absolute atomic E-state index is 0. The highest BCUT2D eigenvalue weighted by molar-refractivity contribution is 14.0. The van der Waals surface area contributed by atoms with E-state index < -0.39 is 0 Å². The molecule has 0 bridgehead atoms. The Kier molecular flexibility index (Phi) is 9.44. The van der Waals surface area contributed by atoms with Crippen molar-refractivity contribution >= 4 is 47.2 Å². The van der Waals surface area contributed by atoms with Crippen molar-refractivity contribution < 1.29 is 9.47 Å². The molecule has 2 aromatic carbocycles. The van der Waals surface area contributed by atoms with Crippen LogP contribution in [0.2, 0.25) is 5.02 Å². The van der Waals surface area contributed by atoms with Gasteiger partial charge in [-0.2, -0.15) is 0 Å². The van der Waals surface area contributed by atoms with Gasteiger partial charge in [-0.15, -0.1) is 24.0 Å². The minimum Gasteiger partial charge on any atom is -0.495 e. The maximum atomic E-state index is 6.06. The first kappa shape index (κ1) is 21.4. The van der Waals surface area contributed by atoms with Gasteiger partial charge in [-0.3, -0.25) is 4.99 Å². The Hall–Kier alpha value is -1.67. The Morgan fingerprint density at radius 3 is 2.68 bits per heavy atom. The van der Waals surface area contributed by atoms with Crippen LogP contribution >= 0.6 is 35.6 Å². The summed E-state index contributed by atoms with van der Waals surface area (Å²) in [6, 6.07) is 13.1. The maximum absolute atomic E-state index is 6.06. The average molecular weight is 476 g/mol. The molecule has 0 amide bonds. The molecule has 25 heavy (non-hydrogen) atoms. The summed E-state index contributed by atoms with van der Waals surface area (Å²) in [6.07, 6.45) is 0.685. The number of hydrogen-bond donors (Lipinski definition) is 2. The van der Waals surface area contributed by atoms with Crippen LogP contribution in [0.5, 0.6) is 11.5 Å². The van der Waals surface area contributed by atoms with Crippen LogP contribution in [0, 0.1) is 0 Å². The minimum atomic E-state index is 0. The van der Waals surface area contributed by atoms with Crippen molar-refractivity contribution in [2.75, 3.05) is 25.6 Å². The van der Waals surface area contributed by atoms with Gasteiger partial charge in [0, 0.05) is 11.6 Å². The average Bonchev–Trinajstić information content (AvgIpc) is 2.58. The number of nitrogens with zero attached hydrogens (tertiary/aromatic N) is 1. The maximum Gasteiger partial charge on any atom is 0.193 e. The molecule has 0 aliphatic rings. The van der Waals surface area contributed by atoms with E-state index in [0.29, 0.717) is 36.3 Å². The molecular formula is C18H23ClIN3O2. The number of ether oxygens (including phenoxy) is 2. The number of guanidine groups is 1. The number of rotatable bonds is 7. The molecular weight excluding hydrogens is 453 g/mol. The van der Waals surface area contributed by atoms with E-state index in [1.54, 1.807) is 7.11 Å². The molecule has 0 unspecified atom stereocenters. The van der Waals surface area contributed by atoms with Gasteiger partial charge in [0.25, 0.3) is 0 Å². The van der Waals surface area contributed by atoms with E-state index in [4.69, 9.17) is 26.8 Å². The molecule has 0 radical (unpaired) electrons. The molecule has 0 fully saturated rings. The number of aliphatic imine (C=N–C) groups is 1. The van der Waals surface area contributed by atoms with Gasteiger partial charge in [0.15, 0.2) is 5.96 Å². The first-order valence-corrected chi connectivity index (χ1v) is 8.13. The van der Waals surface area contributed by atoms with E-state index in [9.17, 15) is 0 Å². The summed E-state index contributed by atoms with van der Waals surface area (Å²) in [5.74, 6) is 1.87. The van der Waals surface area contributed by atoms with Crippen molar-refractivity contribution in [2.24, 2.45) is 10.7 Å². The van der Waals surface area contributed by atoms with Gasteiger partial charge in [0.1, 0.15) is 11.5 Å². The van der Waals surface area contributed by atoms with Crippen molar-refractivity contribution in [3.8, 4) is 11.5 Å². The van der Waals surface area contributed by atoms with Crippen molar-refractivity contribution in [3.63, 3.8) is 0 Å². The zero-order valence-electron chi connectivity index (χ0n) is 14.3. The van der Waals surface area contributed by atoms with Gasteiger partial charge in [0.05, 0.1) is 19.4 Å². The van der Waals surface area contributed by atoms with Crippen molar-refractivity contribution in [2.45, 2.75) is 13.3 Å². The monoisotopic (exact) mass is 475 g/mol. The third-order valence-electron chi connectivity index (χ3n) is 3.36. The van der Waals surface area contributed by atoms with Crippen LogP contribution in [0.1, 0.15) is 12.5 Å². The first-order chi connectivity index (χ1) is 11.6. The van der Waals surface area contributed by atoms with Crippen LogP contribution in [-0.2, 0) is 6.42 Å². The van der Waals surface area contributed by atoms with Gasteiger partial charge >= 0.3 is 0 Å². The largest absolute Gasteiger partial charge is 0.495 e. The van der Waals surface area contributed by atoms with E-state index in [1.165, 1.54) is 0 Å². The fourth-order valence-corrected chi connectivity index (χ4v) is 2.46. The van der Waals surface area contributed by atoms with E-state index in [-0.39, 0.29) is 24.0 Å². The molecule has 0 aliphatic carbocycles. The van der Waals surface area contributed by atoms with Crippen molar-refractivity contribution in [1.82, 2.24) is 0 Å². The Morgan fingerprint density at radius 2 is 1.96 bits per heavy atom. The third-order valence-corrected chi connectivity index (χ3v) is 3.59. The molecule has 3 N–H and O–H groups in total. The molecule has 0 spiro atoms. The first-order valence-electron chi connectivity index (χ1n) is 7.75. The zero-order chi connectivity index (χ0) is 17.4. The molecule has 0 saturated carbocycles. The van der Waals surface area contributed by atoms with Crippen LogP contribution in [0.15, 0.2) is 47.5 Å². The van der Waals surface area contributed by atoms with Gasteiger partial charge in [-0.25, -0.2) is 0 Å². The number of anilines is 1. The second-order valence-corrected chi connectivity index (χ2v) is 5.46. The number of nitrogens with one attached hydrogen (secondary N) is 1. The summed E-state index contributed by atoms with van der Waals surface area (Å²) >= 11 is 6.06. The van der Waals surface area contributed by atoms with E-state index in [0.717, 1.165) is 17.0 Å². The van der Waals surface area contributed by atoms with Gasteiger partial charge in [0.2, 0.25) is 0 Å². The molecule has 0 heterocycles. The van der Waals surface area contributed by atoms with Gasteiger partial charge in [-0.05, 0) is 49.2 Å². The molecule has 0 aliphatic heterocycles. The fourth-order valence-electron chi connectivity index (χ4n) is 2.26. The summed E-state index contributed by atoms with van der Waals surface area (Å²) in [5.41, 5.74) is 7.74. The van der Waals surface area contributed by atoms with Crippen molar-refractivity contribution in [1.29, 1.82) is 0 Å². The fraction of sp³-hybridized carbons (Fsp3) is 0.278. The number of benzene rings is 2. The number of hydrogen-bond acceptors (Lipinski definition) is 3. The van der Waals surface area contributed by atoms with E-state index >= 15 is 0 Å². The summed E-state index contributed by atoms with van der Waals surface area (Å²) < 4.78 is 10.9. The van der Waals surface area contributed by atoms with Crippen LogP contribution in [-0.4, -0.2) is 26.2 Å². The quantitative estimate of drug-likeness (QED) is 0.355. The number of methoxy groups -OCH3 is 1. The molecule has 5 nitrogen and oxygen atoms in total. The third kappa shape index (κ3) is 6.62.